The van der Waals surface area contributed by atoms with Crippen LogP contribution in [0, 0.1) is 0 Å². The highest BCUT2D eigenvalue weighted by atomic mass is 15.2. The second-order valence-corrected chi connectivity index (χ2v) is 16.6. The average Bonchev–Trinajstić information content (AvgIpc) is 4.09. The molecule has 0 unspecified atom stereocenters. The number of aromatic nitrogens is 6. The first-order chi connectivity index (χ1) is 31.8. The molecule has 14 aromatic rings. The fourth-order valence-electron chi connectivity index (χ4n) is 10.6. The maximum absolute atomic E-state index is 5.79. The molecule has 0 fully saturated rings. The van der Waals surface area contributed by atoms with Crippen molar-refractivity contribution in [2.24, 2.45) is 0 Å². The number of hydrogen-bond donors (Lipinski definition) is 0. The van der Waals surface area contributed by atoms with Gasteiger partial charge in [-0.05, 0) is 60.7 Å². The molecule has 0 aliphatic heterocycles. The van der Waals surface area contributed by atoms with Gasteiger partial charge in [-0.25, -0.2) is 9.97 Å². The Morgan fingerprint density at radius 3 is 0.734 bits per heavy atom. The van der Waals surface area contributed by atoms with Gasteiger partial charge in [0.2, 0.25) is 0 Å². The Morgan fingerprint density at radius 2 is 0.469 bits per heavy atom. The van der Waals surface area contributed by atoms with Gasteiger partial charge in [0.25, 0.3) is 0 Å². The zero-order valence-electron chi connectivity index (χ0n) is 34.5. The Hall–Kier alpha value is -8.74. The predicted octanol–water partition coefficient (Wildman–Crippen LogP) is 14.5. The van der Waals surface area contributed by atoms with E-state index >= 15 is 0 Å². The molecule has 14 rings (SSSR count). The largest absolute Gasteiger partial charge is 0.308 e. The smallest absolute Gasteiger partial charge is 0.168 e. The third-order valence-corrected chi connectivity index (χ3v) is 13.2. The van der Waals surface area contributed by atoms with Crippen LogP contribution in [0.2, 0.25) is 0 Å². The zero-order valence-corrected chi connectivity index (χ0v) is 34.5. The molecule has 0 aliphatic carbocycles. The number of para-hydroxylation sites is 8. The molecule has 0 atom stereocenters. The lowest BCUT2D eigenvalue weighted by molar-refractivity contribution is 0.987. The van der Waals surface area contributed by atoms with Crippen LogP contribution in [0.25, 0.3) is 122 Å². The molecule has 0 saturated carbocycles. The van der Waals surface area contributed by atoms with Gasteiger partial charge in [0.1, 0.15) is 11.6 Å². The monoisotopic (exact) mass is 816 g/mol. The van der Waals surface area contributed by atoms with Crippen molar-refractivity contribution < 1.29 is 0 Å². The maximum atomic E-state index is 5.79. The second kappa shape index (κ2) is 13.4. The standard InChI is InChI=1S/C58H36N6/c1-9-26-45-37(18-1)38-19-2-10-27-46(38)61(45)53-34-17-35-54(62-47-28-11-3-20-39(47)40-21-4-12-29-48(40)62)57(53)58-59-55(63-49-30-13-5-22-41(49)42-23-6-14-31-50(42)63)36-56(60-58)64-51-32-15-7-24-43(51)44-25-8-16-33-52(44)64/h1-36H. The molecule has 0 saturated heterocycles. The molecule has 0 N–H and O–H groups in total. The quantitative estimate of drug-likeness (QED) is 0.174. The minimum Gasteiger partial charge on any atom is -0.308 e. The van der Waals surface area contributed by atoms with Crippen LogP contribution in [0.5, 0.6) is 0 Å². The molecule has 9 aromatic carbocycles. The molecule has 298 valence electrons. The Balaban J connectivity index is 1.19. The zero-order chi connectivity index (χ0) is 41.9. The highest BCUT2D eigenvalue weighted by Gasteiger charge is 2.26. The summed E-state index contributed by atoms with van der Waals surface area (Å²) in [6, 6.07) is 78.3. The fourth-order valence-corrected chi connectivity index (χ4v) is 10.6. The summed E-state index contributed by atoms with van der Waals surface area (Å²) in [6.45, 7) is 0. The van der Waals surface area contributed by atoms with Gasteiger partial charge in [0.15, 0.2) is 5.82 Å². The first-order valence-corrected chi connectivity index (χ1v) is 21.8. The summed E-state index contributed by atoms with van der Waals surface area (Å²) in [6.07, 6.45) is 0. The van der Waals surface area contributed by atoms with Crippen molar-refractivity contribution in [3.63, 3.8) is 0 Å². The van der Waals surface area contributed by atoms with Crippen LogP contribution < -0.4 is 0 Å². The topological polar surface area (TPSA) is 45.5 Å². The summed E-state index contributed by atoms with van der Waals surface area (Å²) < 4.78 is 9.45. The van der Waals surface area contributed by atoms with E-state index in [2.05, 4.69) is 237 Å². The number of rotatable bonds is 5. The first-order valence-electron chi connectivity index (χ1n) is 21.8. The highest BCUT2D eigenvalue weighted by Crippen LogP contribution is 2.43. The van der Waals surface area contributed by atoms with Crippen LogP contribution >= 0.6 is 0 Å². The molecule has 0 amide bonds. The third-order valence-electron chi connectivity index (χ3n) is 13.2. The summed E-state index contributed by atoms with van der Waals surface area (Å²) in [4.78, 5) is 11.6. The van der Waals surface area contributed by atoms with Crippen LogP contribution in [0.3, 0.4) is 0 Å². The highest BCUT2D eigenvalue weighted by molar-refractivity contribution is 6.13. The molecule has 64 heavy (non-hydrogen) atoms. The van der Waals surface area contributed by atoms with E-state index in [1.54, 1.807) is 0 Å². The summed E-state index contributed by atoms with van der Waals surface area (Å²) in [5.74, 6) is 2.18. The van der Waals surface area contributed by atoms with E-state index in [4.69, 9.17) is 9.97 Å². The molecule has 5 heterocycles. The average molecular weight is 817 g/mol. The van der Waals surface area contributed by atoms with Crippen molar-refractivity contribution in [1.82, 2.24) is 28.2 Å². The fraction of sp³-hybridized carbons (Fsp3) is 0. The summed E-state index contributed by atoms with van der Waals surface area (Å²) in [5, 5.41) is 9.47. The van der Waals surface area contributed by atoms with Gasteiger partial charge in [0.05, 0.1) is 61.1 Å². The first kappa shape index (κ1) is 34.9. The predicted molar refractivity (Wildman–Crippen MR) is 265 cm³/mol. The molecular weight excluding hydrogens is 781 g/mol. The van der Waals surface area contributed by atoms with E-state index in [9.17, 15) is 0 Å². The van der Waals surface area contributed by atoms with Gasteiger partial charge in [0, 0.05) is 49.2 Å². The Kier molecular flexibility index (Phi) is 7.30. The van der Waals surface area contributed by atoms with Crippen LogP contribution in [0.1, 0.15) is 0 Å². The number of nitrogens with zero attached hydrogens (tertiary/aromatic N) is 6. The molecule has 0 spiro atoms. The minimum absolute atomic E-state index is 0.616. The van der Waals surface area contributed by atoms with Crippen LogP contribution in [-0.4, -0.2) is 28.2 Å². The molecule has 0 aliphatic rings. The SMILES string of the molecule is c1cc(-n2c3ccccc3c3ccccc32)c(-c2nc(-n3c4ccccc4c4ccccc43)cc(-n3c4ccccc4c4ccccc43)n2)c(-n2c3ccccc3c3ccccc32)c1. The van der Waals surface area contributed by atoms with E-state index in [0.717, 1.165) is 72.7 Å². The summed E-state index contributed by atoms with van der Waals surface area (Å²) >= 11 is 0. The number of benzene rings is 9. The second-order valence-electron chi connectivity index (χ2n) is 16.6. The maximum Gasteiger partial charge on any atom is 0.168 e. The molecule has 5 aromatic heterocycles. The van der Waals surface area contributed by atoms with Crippen molar-refractivity contribution in [3.05, 3.63) is 218 Å². The number of hydrogen-bond acceptors (Lipinski definition) is 2. The Bertz CT molecular complexity index is 3740. The summed E-state index contributed by atoms with van der Waals surface area (Å²) in [7, 11) is 0. The van der Waals surface area contributed by atoms with Crippen molar-refractivity contribution in [2.45, 2.75) is 0 Å². The van der Waals surface area contributed by atoms with E-state index in [1.165, 1.54) is 43.1 Å². The van der Waals surface area contributed by atoms with Gasteiger partial charge < -0.3 is 9.13 Å². The molecule has 6 nitrogen and oxygen atoms in total. The van der Waals surface area contributed by atoms with E-state index in [-0.39, 0.29) is 0 Å². The van der Waals surface area contributed by atoms with Crippen LogP contribution in [-0.2, 0) is 0 Å². The van der Waals surface area contributed by atoms with E-state index < -0.39 is 0 Å². The lowest BCUT2D eigenvalue weighted by Crippen LogP contribution is -2.10. The van der Waals surface area contributed by atoms with E-state index in [0.29, 0.717) is 5.82 Å². The Labute approximate surface area is 366 Å². The number of fused-ring (bicyclic) bond motifs is 12. The lowest BCUT2D eigenvalue weighted by Gasteiger charge is -2.20. The van der Waals surface area contributed by atoms with Crippen molar-refractivity contribution >= 4 is 87.2 Å². The van der Waals surface area contributed by atoms with Crippen LogP contribution in [0.15, 0.2) is 218 Å². The van der Waals surface area contributed by atoms with Gasteiger partial charge >= 0.3 is 0 Å². The van der Waals surface area contributed by atoms with E-state index in [1.807, 2.05) is 0 Å². The minimum atomic E-state index is 0.616. The van der Waals surface area contributed by atoms with Crippen molar-refractivity contribution in [3.8, 4) is 34.4 Å². The van der Waals surface area contributed by atoms with Gasteiger partial charge in [-0.3, -0.25) is 9.13 Å². The van der Waals surface area contributed by atoms with Gasteiger partial charge in [-0.2, -0.15) is 0 Å². The van der Waals surface area contributed by atoms with Crippen LogP contribution in [0.4, 0.5) is 0 Å². The Morgan fingerprint density at radius 1 is 0.234 bits per heavy atom. The van der Waals surface area contributed by atoms with Gasteiger partial charge in [-0.15, -0.1) is 0 Å². The van der Waals surface area contributed by atoms with Gasteiger partial charge in [-0.1, -0.05) is 152 Å². The van der Waals surface area contributed by atoms with Crippen molar-refractivity contribution in [2.75, 3.05) is 0 Å². The molecule has 0 radical (unpaired) electrons. The normalized spacial score (nSPS) is 12.1. The molecule has 6 heteroatoms. The third kappa shape index (κ3) is 4.85. The molecular formula is C58H36N6. The summed E-state index contributed by atoms with van der Waals surface area (Å²) in [5.41, 5.74) is 11.7. The van der Waals surface area contributed by atoms with Crippen molar-refractivity contribution in [1.29, 1.82) is 0 Å². The molecule has 0 bridgehead atoms. The lowest BCUT2D eigenvalue weighted by atomic mass is 10.1.